The Morgan fingerprint density at radius 3 is 2.28 bits per heavy atom. The lowest BCUT2D eigenvalue weighted by atomic mass is 9.81. The van der Waals surface area contributed by atoms with Crippen molar-refractivity contribution in [1.82, 2.24) is 10.3 Å². The van der Waals surface area contributed by atoms with Crippen LogP contribution in [0.3, 0.4) is 0 Å². The Morgan fingerprint density at radius 2 is 1.83 bits per heavy atom. The van der Waals surface area contributed by atoms with Gasteiger partial charge in [0.2, 0.25) is 0 Å². The van der Waals surface area contributed by atoms with Gasteiger partial charge in [0.25, 0.3) is 5.91 Å². The molecule has 1 heterocycles. The Balaban J connectivity index is 2.72. The van der Waals surface area contributed by atoms with Gasteiger partial charge in [0.05, 0.1) is 0 Å². The minimum absolute atomic E-state index is 0.0380. The first-order valence-electron chi connectivity index (χ1n) is 5.83. The molecule has 5 heteroatoms. The summed E-state index contributed by atoms with van der Waals surface area (Å²) in [5, 5.41) is 3.33. The zero-order chi connectivity index (χ0) is 13.9. The van der Waals surface area contributed by atoms with Gasteiger partial charge in [-0.1, -0.05) is 50.9 Å². The fourth-order valence-corrected chi connectivity index (χ4v) is 1.67. The maximum Gasteiger partial charge on any atom is 0.251 e. The van der Waals surface area contributed by atoms with Crippen molar-refractivity contribution in [2.45, 2.75) is 27.7 Å². The monoisotopic (exact) mass is 288 g/mol. The summed E-state index contributed by atoms with van der Waals surface area (Å²) in [6.45, 7) is 9.09. The minimum atomic E-state index is -0.185. The van der Waals surface area contributed by atoms with E-state index in [-0.39, 0.29) is 21.6 Å². The highest BCUT2D eigenvalue weighted by Crippen LogP contribution is 2.25. The van der Waals surface area contributed by atoms with Crippen molar-refractivity contribution in [1.29, 1.82) is 0 Å². The van der Waals surface area contributed by atoms with Crippen molar-refractivity contribution in [2.75, 3.05) is 6.54 Å². The van der Waals surface area contributed by atoms with Crippen LogP contribution in [-0.4, -0.2) is 17.4 Å². The molecule has 100 valence electrons. The van der Waals surface area contributed by atoms with Crippen LogP contribution in [0.4, 0.5) is 0 Å². The van der Waals surface area contributed by atoms with Crippen LogP contribution in [0, 0.1) is 11.3 Å². The van der Waals surface area contributed by atoms with Crippen molar-refractivity contribution in [3.05, 3.63) is 28.0 Å². The number of hydrogen-bond acceptors (Lipinski definition) is 2. The Bertz CT molecular complexity index is 424. The third kappa shape index (κ3) is 4.14. The van der Waals surface area contributed by atoms with Crippen molar-refractivity contribution >= 4 is 29.1 Å². The fraction of sp³-hybridized carbons (Fsp3) is 0.538. The molecule has 1 rings (SSSR count). The van der Waals surface area contributed by atoms with E-state index >= 15 is 0 Å². The van der Waals surface area contributed by atoms with Crippen LogP contribution in [0.15, 0.2) is 12.1 Å². The van der Waals surface area contributed by atoms with E-state index in [1.54, 1.807) is 0 Å². The largest absolute Gasteiger partial charge is 0.351 e. The number of rotatable bonds is 4. The van der Waals surface area contributed by atoms with Crippen molar-refractivity contribution in [3.8, 4) is 0 Å². The van der Waals surface area contributed by atoms with Gasteiger partial charge < -0.3 is 5.32 Å². The zero-order valence-electron chi connectivity index (χ0n) is 11.1. The molecule has 1 aromatic rings. The number of amides is 1. The van der Waals surface area contributed by atoms with E-state index in [9.17, 15) is 4.79 Å². The molecule has 1 aromatic heterocycles. The molecule has 0 spiro atoms. The first kappa shape index (κ1) is 15.3. The number of halogens is 2. The third-order valence-corrected chi connectivity index (χ3v) is 3.68. The lowest BCUT2D eigenvalue weighted by Gasteiger charge is -2.29. The number of nitrogens with zero attached hydrogens (tertiary/aromatic N) is 1. The predicted molar refractivity (Wildman–Crippen MR) is 75.2 cm³/mol. The molecule has 0 aromatic carbocycles. The van der Waals surface area contributed by atoms with E-state index in [0.29, 0.717) is 18.0 Å². The Morgan fingerprint density at radius 1 is 1.33 bits per heavy atom. The maximum absolute atomic E-state index is 12.0. The molecule has 0 saturated heterocycles. The van der Waals surface area contributed by atoms with Crippen LogP contribution in [0.1, 0.15) is 38.1 Å². The van der Waals surface area contributed by atoms with Crippen molar-refractivity contribution in [3.63, 3.8) is 0 Å². The van der Waals surface area contributed by atoms with E-state index in [0.717, 1.165) is 0 Å². The molecule has 0 unspecified atom stereocenters. The van der Waals surface area contributed by atoms with Crippen molar-refractivity contribution in [2.24, 2.45) is 11.3 Å². The van der Waals surface area contributed by atoms with E-state index in [4.69, 9.17) is 23.2 Å². The minimum Gasteiger partial charge on any atom is -0.351 e. The molecule has 0 fully saturated rings. The van der Waals surface area contributed by atoms with Gasteiger partial charge in [0.1, 0.15) is 10.3 Å². The highest BCUT2D eigenvalue weighted by molar-refractivity contribution is 6.33. The van der Waals surface area contributed by atoms with Crippen LogP contribution < -0.4 is 5.32 Å². The summed E-state index contributed by atoms with van der Waals surface area (Å²) in [6.07, 6.45) is 0. The second-order valence-corrected chi connectivity index (χ2v) is 6.10. The summed E-state index contributed by atoms with van der Waals surface area (Å²) in [5.41, 5.74) is 0.468. The number of carbonyl (C=O) groups excluding carboxylic acids is 1. The van der Waals surface area contributed by atoms with E-state index < -0.39 is 0 Å². The van der Waals surface area contributed by atoms with Gasteiger partial charge in [-0.25, -0.2) is 4.98 Å². The molecule has 0 atom stereocenters. The number of aromatic nitrogens is 1. The summed E-state index contributed by atoms with van der Waals surface area (Å²) in [7, 11) is 0. The summed E-state index contributed by atoms with van der Waals surface area (Å²) < 4.78 is 0. The van der Waals surface area contributed by atoms with Gasteiger partial charge in [0, 0.05) is 12.1 Å². The Labute approximate surface area is 118 Å². The fourth-order valence-electron chi connectivity index (χ4n) is 1.21. The standard InChI is InChI=1S/C13H18Cl2N2O/c1-8(2)13(3,4)7-16-12(18)9-5-10(14)17-11(15)6-9/h5-6,8H,7H2,1-4H3,(H,16,18). The van der Waals surface area contributed by atoms with Gasteiger partial charge in [-0.3, -0.25) is 4.79 Å². The van der Waals surface area contributed by atoms with Crippen molar-refractivity contribution < 1.29 is 4.79 Å². The first-order chi connectivity index (χ1) is 8.22. The average molecular weight is 289 g/mol. The maximum atomic E-state index is 12.0. The van der Waals surface area contributed by atoms with Crippen LogP contribution >= 0.6 is 23.2 Å². The number of nitrogens with one attached hydrogen (secondary N) is 1. The molecular formula is C13H18Cl2N2O. The quantitative estimate of drug-likeness (QED) is 0.857. The molecule has 0 saturated carbocycles. The Hall–Kier alpha value is -0.800. The van der Waals surface area contributed by atoms with E-state index in [2.05, 4.69) is 38.0 Å². The van der Waals surface area contributed by atoms with E-state index in [1.165, 1.54) is 12.1 Å². The molecule has 0 aliphatic carbocycles. The summed E-state index contributed by atoms with van der Waals surface area (Å²) >= 11 is 11.5. The number of carbonyl (C=O) groups is 1. The summed E-state index contributed by atoms with van der Waals surface area (Å²) in [6, 6.07) is 3.01. The van der Waals surface area contributed by atoms with Gasteiger partial charge in [-0.15, -0.1) is 0 Å². The smallest absolute Gasteiger partial charge is 0.251 e. The van der Waals surface area contributed by atoms with Gasteiger partial charge in [-0.2, -0.15) is 0 Å². The normalized spacial score (nSPS) is 11.7. The molecule has 0 aliphatic rings. The lowest BCUT2D eigenvalue weighted by molar-refractivity contribution is 0.0924. The topological polar surface area (TPSA) is 42.0 Å². The Kier molecular flexibility index (Phi) is 5.00. The van der Waals surface area contributed by atoms with Crippen LogP contribution in [-0.2, 0) is 0 Å². The SMILES string of the molecule is CC(C)C(C)(C)CNC(=O)c1cc(Cl)nc(Cl)c1. The number of pyridine rings is 1. The van der Waals surface area contributed by atoms with Crippen LogP contribution in [0.5, 0.6) is 0 Å². The lowest BCUT2D eigenvalue weighted by Crippen LogP contribution is -2.37. The summed E-state index contributed by atoms with van der Waals surface area (Å²) in [4.78, 5) is 15.8. The molecule has 18 heavy (non-hydrogen) atoms. The molecule has 0 bridgehead atoms. The second kappa shape index (κ2) is 5.89. The molecular weight excluding hydrogens is 271 g/mol. The summed E-state index contributed by atoms with van der Waals surface area (Å²) in [5.74, 6) is 0.289. The molecule has 1 amide bonds. The van der Waals surface area contributed by atoms with Gasteiger partial charge in [0.15, 0.2) is 0 Å². The van der Waals surface area contributed by atoms with Gasteiger partial charge in [-0.05, 0) is 23.5 Å². The van der Waals surface area contributed by atoms with Crippen LogP contribution in [0.2, 0.25) is 10.3 Å². The third-order valence-electron chi connectivity index (χ3n) is 3.29. The highest BCUT2D eigenvalue weighted by Gasteiger charge is 2.23. The molecule has 0 radical (unpaired) electrons. The predicted octanol–water partition coefficient (Wildman–Crippen LogP) is 3.80. The highest BCUT2D eigenvalue weighted by atomic mass is 35.5. The number of hydrogen-bond donors (Lipinski definition) is 1. The van der Waals surface area contributed by atoms with Crippen LogP contribution in [0.25, 0.3) is 0 Å². The van der Waals surface area contributed by atoms with Gasteiger partial charge >= 0.3 is 0 Å². The molecule has 0 aliphatic heterocycles. The zero-order valence-corrected chi connectivity index (χ0v) is 12.6. The first-order valence-corrected chi connectivity index (χ1v) is 6.59. The molecule has 3 nitrogen and oxygen atoms in total. The second-order valence-electron chi connectivity index (χ2n) is 5.33. The molecule has 1 N–H and O–H groups in total. The van der Waals surface area contributed by atoms with E-state index in [1.807, 2.05) is 0 Å². The average Bonchev–Trinajstić information content (AvgIpc) is 2.24.